The van der Waals surface area contributed by atoms with E-state index in [1.165, 1.54) is 16.7 Å². The van der Waals surface area contributed by atoms with Gasteiger partial charge in [0.05, 0.1) is 13.2 Å². The fraction of sp³-hybridized carbons (Fsp3) is 0.435. The van der Waals surface area contributed by atoms with Gasteiger partial charge in [0.15, 0.2) is 11.5 Å². The predicted molar refractivity (Wildman–Crippen MR) is 107 cm³/mol. The summed E-state index contributed by atoms with van der Waals surface area (Å²) in [5.41, 5.74) is 3.69. The van der Waals surface area contributed by atoms with Crippen LogP contribution in [0.25, 0.3) is 0 Å². The van der Waals surface area contributed by atoms with Crippen LogP contribution in [0.2, 0.25) is 0 Å². The number of hydrogen-bond acceptors (Lipinski definition) is 4. The van der Waals surface area contributed by atoms with E-state index in [0.717, 1.165) is 43.1 Å². The van der Waals surface area contributed by atoms with Crippen LogP contribution in [0.15, 0.2) is 36.4 Å². The number of benzene rings is 2. The van der Waals surface area contributed by atoms with Gasteiger partial charge < -0.3 is 19.1 Å². The van der Waals surface area contributed by atoms with Crippen molar-refractivity contribution in [2.45, 2.75) is 38.6 Å². The van der Waals surface area contributed by atoms with Gasteiger partial charge in [0, 0.05) is 13.0 Å². The minimum atomic E-state index is 0.0839. The summed E-state index contributed by atoms with van der Waals surface area (Å²) in [7, 11) is 1.68. The molecule has 5 nitrogen and oxygen atoms in total. The van der Waals surface area contributed by atoms with Crippen LogP contribution in [0, 0.1) is 0 Å². The molecule has 2 aliphatic rings. The van der Waals surface area contributed by atoms with Crippen molar-refractivity contribution in [2.75, 3.05) is 26.9 Å². The first kappa shape index (κ1) is 18.7. The van der Waals surface area contributed by atoms with Crippen LogP contribution >= 0.6 is 0 Å². The normalized spacial score (nSPS) is 17.8. The number of carbonyl (C=O) groups is 1. The molecule has 0 bridgehead atoms. The van der Waals surface area contributed by atoms with Gasteiger partial charge in [0.1, 0.15) is 19.0 Å². The van der Waals surface area contributed by atoms with Crippen LogP contribution in [0.5, 0.6) is 17.2 Å². The van der Waals surface area contributed by atoms with Crippen LogP contribution in [-0.2, 0) is 17.6 Å². The molecule has 0 aromatic heterocycles. The van der Waals surface area contributed by atoms with E-state index < -0.39 is 0 Å². The van der Waals surface area contributed by atoms with E-state index in [1.807, 2.05) is 23.1 Å². The summed E-state index contributed by atoms with van der Waals surface area (Å²) in [4.78, 5) is 14.9. The fourth-order valence-corrected chi connectivity index (χ4v) is 4.09. The molecule has 2 aromatic carbocycles. The second-order valence-corrected chi connectivity index (χ2v) is 7.41. The van der Waals surface area contributed by atoms with Gasteiger partial charge in [-0.25, -0.2) is 0 Å². The standard InChI is InChI=1S/C23H27NO4/c1-16-20-15-19(26-2)8-7-18(20)10-11-24(16)23(25)5-3-4-17-6-9-21-22(14-17)28-13-12-27-21/h6-9,14-16H,3-5,10-13H2,1-2H3. The van der Waals surface area contributed by atoms with E-state index in [1.54, 1.807) is 7.11 Å². The zero-order valence-electron chi connectivity index (χ0n) is 16.6. The second kappa shape index (κ2) is 8.13. The second-order valence-electron chi connectivity index (χ2n) is 7.41. The van der Waals surface area contributed by atoms with Crippen molar-refractivity contribution in [2.24, 2.45) is 0 Å². The molecule has 0 saturated heterocycles. The maximum atomic E-state index is 12.8. The van der Waals surface area contributed by atoms with Crippen molar-refractivity contribution < 1.29 is 19.0 Å². The van der Waals surface area contributed by atoms with Crippen molar-refractivity contribution in [3.63, 3.8) is 0 Å². The summed E-state index contributed by atoms with van der Waals surface area (Å²) in [5.74, 6) is 2.68. The maximum absolute atomic E-state index is 12.8. The molecule has 0 spiro atoms. The van der Waals surface area contributed by atoms with Crippen LogP contribution < -0.4 is 14.2 Å². The molecule has 4 rings (SSSR count). The van der Waals surface area contributed by atoms with Gasteiger partial charge in [-0.05, 0) is 67.1 Å². The minimum Gasteiger partial charge on any atom is -0.497 e. The molecular weight excluding hydrogens is 354 g/mol. The minimum absolute atomic E-state index is 0.0839. The topological polar surface area (TPSA) is 48.0 Å². The van der Waals surface area contributed by atoms with Gasteiger partial charge in [-0.3, -0.25) is 4.79 Å². The largest absolute Gasteiger partial charge is 0.497 e. The quantitative estimate of drug-likeness (QED) is 0.787. The molecule has 1 amide bonds. The Balaban J connectivity index is 1.35. The lowest BCUT2D eigenvalue weighted by atomic mass is 9.93. The molecule has 0 fully saturated rings. The van der Waals surface area contributed by atoms with Gasteiger partial charge in [0.2, 0.25) is 5.91 Å². The number of methoxy groups -OCH3 is 1. The van der Waals surface area contributed by atoms with Gasteiger partial charge >= 0.3 is 0 Å². The van der Waals surface area contributed by atoms with Crippen molar-refractivity contribution in [3.05, 3.63) is 53.1 Å². The Morgan fingerprint density at radius 2 is 1.96 bits per heavy atom. The first-order valence-electron chi connectivity index (χ1n) is 10.0. The Morgan fingerprint density at radius 1 is 1.14 bits per heavy atom. The zero-order valence-corrected chi connectivity index (χ0v) is 16.6. The predicted octanol–water partition coefficient (Wildman–Crippen LogP) is 3.94. The van der Waals surface area contributed by atoms with Crippen molar-refractivity contribution >= 4 is 5.91 Å². The Hall–Kier alpha value is -2.69. The number of aryl methyl sites for hydroxylation is 1. The maximum Gasteiger partial charge on any atom is 0.223 e. The molecule has 2 aliphatic heterocycles. The Bertz CT molecular complexity index is 864. The number of carbonyl (C=O) groups excluding carboxylic acids is 1. The van der Waals surface area contributed by atoms with E-state index in [-0.39, 0.29) is 11.9 Å². The van der Waals surface area contributed by atoms with Crippen LogP contribution in [0.1, 0.15) is 42.5 Å². The van der Waals surface area contributed by atoms with Gasteiger partial charge in [-0.15, -0.1) is 0 Å². The number of amides is 1. The molecule has 1 atom stereocenters. The summed E-state index contributed by atoms with van der Waals surface area (Å²) in [5, 5.41) is 0. The molecule has 2 heterocycles. The van der Waals surface area contributed by atoms with Crippen molar-refractivity contribution in [1.82, 2.24) is 4.90 Å². The molecule has 5 heteroatoms. The number of ether oxygens (including phenoxy) is 3. The Morgan fingerprint density at radius 3 is 2.79 bits per heavy atom. The Labute approximate surface area is 166 Å². The molecule has 148 valence electrons. The molecule has 0 aliphatic carbocycles. The molecule has 0 N–H and O–H groups in total. The summed E-state index contributed by atoms with van der Waals surface area (Å²) >= 11 is 0. The highest BCUT2D eigenvalue weighted by Gasteiger charge is 2.27. The lowest BCUT2D eigenvalue weighted by Gasteiger charge is -2.35. The zero-order chi connectivity index (χ0) is 19.5. The highest BCUT2D eigenvalue weighted by atomic mass is 16.6. The first-order chi connectivity index (χ1) is 13.7. The van der Waals surface area contributed by atoms with Gasteiger partial charge in [-0.1, -0.05) is 12.1 Å². The third-order valence-electron chi connectivity index (χ3n) is 5.68. The molecule has 2 aromatic rings. The van der Waals surface area contributed by atoms with Crippen LogP contribution in [0.3, 0.4) is 0 Å². The highest BCUT2D eigenvalue weighted by Crippen LogP contribution is 2.33. The fourth-order valence-electron chi connectivity index (χ4n) is 4.09. The van der Waals surface area contributed by atoms with Crippen LogP contribution in [-0.4, -0.2) is 37.7 Å². The van der Waals surface area contributed by atoms with Crippen LogP contribution in [0.4, 0.5) is 0 Å². The third kappa shape index (κ3) is 3.79. The average molecular weight is 381 g/mol. The summed E-state index contributed by atoms with van der Waals surface area (Å²) in [6, 6.07) is 12.3. The third-order valence-corrected chi connectivity index (χ3v) is 5.68. The SMILES string of the molecule is COc1ccc2c(c1)C(C)N(C(=O)CCCc1ccc3c(c1)OCCO3)CC2. The first-order valence-corrected chi connectivity index (χ1v) is 10.0. The van der Waals surface area contributed by atoms with E-state index in [0.29, 0.717) is 19.6 Å². The number of nitrogens with zero attached hydrogens (tertiary/aromatic N) is 1. The number of rotatable bonds is 5. The molecule has 0 radical (unpaired) electrons. The van der Waals surface area contributed by atoms with E-state index in [4.69, 9.17) is 14.2 Å². The van der Waals surface area contributed by atoms with E-state index >= 15 is 0 Å². The monoisotopic (exact) mass is 381 g/mol. The van der Waals surface area contributed by atoms with Gasteiger partial charge in [-0.2, -0.15) is 0 Å². The summed E-state index contributed by atoms with van der Waals surface area (Å²) in [6.45, 7) is 4.08. The Kier molecular flexibility index (Phi) is 5.42. The summed E-state index contributed by atoms with van der Waals surface area (Å²) in [6.07, 6.45) is 3.14. The highest BCUT2D eigenvalue weighted by molar-refractivity contribution is 5.77. The molecule has 28 heavy (non-hydrogen) atoms. The average Bonchev–Trinajstić information content (AvgIpc) is 2.73. The summed E-state index contributed by atoms with van der Waals surface area (Å²) < 4.78 is 16.6. The molecule has 1 unspecified atom stereocenters. The smallest absolute Gasteiger partial charge is 0.223 e. The van der Waals surface area contributed by atoms with Gasteiger partial charge in [0.25, 0.3) is 0 Å². The van der Waals surface area contributed by atoms with E-state index in [9.17, 15) is 4.79 Å². The number of hydrogen-bond donors (Lipinski definition) is 0. The van der Waals surface area contributed by atoms with E-state index in [2.05, 4.69) is 25.1 Å². The molecule has 0 saturated carbocycles. The molecular formula is C23H27NO4. The number of fused-ring (bicyclic) bond motifs is 2. The van der Waals surface area contributed by atoms with Crippen molar-refractivity contribution in [3.8, 4) is 17.2 Å². The van der Waals surface area contributed by atoms with Crippen molar-refractivity contribution in [1.29, 1.82) is 0 Å². The lowest BCUT2D eigenvalue weighted by molar-refractivity contribution is -0.133. The lowest BCUT2D eigenvalue weighted by Crippen LogP contribution is -2.38.